The van der Waals surface area contributed by atoms with Crippen molar-refractivity contribution in [3.05, 3.63) is 18.2 Å². The summed E-state index contributed by atoms with van der Waals surface area (Å²) in [4.78, 5) is 4.16. The van der Waals surface area contributed by atoms with Crippen LogP contribution in [0.25, 0.3) is 0 Å². The van der Waals surface area contributed by atoms with Crippen LogP contribution < -0.4 is 5.73 Å². The van der Waals surface area contributed by atoms with E-state index in [1.807, 2.05) is 24.3 Å². The topological polar surface area (TPSA) is 43.8 Å². The predicted octanol–water partition coefficient (Wildman–Crippen LogP) is 1.80. The van der Waals surface area contributed by atoms with E-state index in [0.29, 0.717) is 12.6 Å². The first-order valence-electron chi connectivity index (χ1n) is 5.08. The zero-order chi connectivity index (χ0) is 9.97. The first kappa shape index (κ1) is 10.1. The highest BCUT2D eigenvalue weighted by Gasteiger charge is 2.25. The first-order valence-corrected chi connectivity index (χ1v) is 6.37. The van der Waals surface area contributed by atoms with Gasteiger partial charge in [0.2, 0.25) is 0 Å². The molecule has 0 aliphatic heterocycles. The smallest absolute Gasteiger partial charge is 0.0951 e. The minimum Gasteiger partial charge on any atom is -0.330 e. The van der Waals surface area contributed by atoms with Crippen molar-refractivity contribution in [1.82, 2.24) is 9.55 Å². The van der Waals surface area contributed by atoms with Crippen LogP contribution in [0.4, 0.5) is 0 Å². The minimum atomic E-state index is 0.598. The van der Waals surface area contributed by atoms with Gasteiger partial charge < -0.3 is 10.3 Å². The van der Waals surface area contributed by atoms with Crippen molar-refractivity contribution in [2.75, 3.05) is 6.26 Å². The molecule has 2 atom stereocenters. The van der Waals surface area contributed by atoms with Crippen LogP contribution in [0.1, 0.15) is 31.0 Å². The van der Waals surface area contributed by atoms with Crippen molar-refractivity contribution >= 4 is 11.8 Å². The summed E-state index contributed by atoms with van der Waals surface area (Å²) < 4.78 is 2.26. The Labute approximate surface area is 89.1 Å². The van der Waals surface area contributed by atoms with Crippen LogP contribution in [-0.2, 0) is 6.54 Å². The lowest BCUT2D eigenvalue weighted by Gasteiger charge is -2.14. The van der Waals surface area contributed by atoms with E-state index >= 15 is 0 Å². The lowest BCUT2D eigenvalue weighted by atomic mass is 10.2. The highest BCUT2D eigenvalue weighted by Crippen LogP contribution is 2.36. The normalized spacial score (nSPS) is 27.0. The van der Waals surface area contributed by atoms with Gasteiger partial charge in [0, 0.05) is 24.0 Å². The molecule has 78 valence electrons. The molecule has 1 aliphatic rings. The van der Waals surface area contributed by atoms with Gasteiger partial charge in [-0.25, -0.2) is 4.98 Å². The standard InChI is InChI=1S/C10H17N3S/c1-14-10-3-2-8(4-10)13-7-12-6-9(13)5-11/h6-8,10H,2-5,11H2,1H3. The fourth-order valence-electron chi connectivity index (χ4n) is 2.20. The fourth-order valence-corrected chi connectivity index (χ4v) is 2.99. The van der Waals surface area contributed by atoms with E-state index in [0.717, 1.165) is 10.9 Å². The molecule has 2 rings (SSSR count). The summed E-state index contributed by atoms with van der Waals surface area (Å²) in [6.45, 7) is 0.598. The van der Waals surface area contributed by atoms with Crippen LogP contribution >= 0.6 is 11.8 Å². The molecule has 2 N–H and O–H groups in total. The molecule has 0 amide bonds. The highest BCUT2D eigenvalue weighted by molar-refractivity contribution is 7.99. The summed E-state index contributed by atoms with van der Waals surface area (Å²) in [7, 11) is 0. The molecule has 1 fully saturated rings. The first-order chi connectivity index (χ1) is 6.85. The molecule has 14 heavy (non-hydrogen) atoms. The average molecular weight is 211 g/mol. The van der Waals surface area contributed by atoms with E-state index in [9.17, 15) is 0 Å². The van der Waals surface area contributed by atoms with Crippen molar-refractivity contribution in [2.24, 2.45) is 5.73 Å². The van der Waals surface area contributed by atoms with Crippen LogP contribution in [0.5, 0.6) is 0 Å². The van der Waals surface area contributed by atoms with Gasteiger partial charge in [0.1, 0.15) is 0 Å². The van der Waals surface area contributed by atoms with Crippen LogP contribution in [0, 0.1) is 0 Å². The third-order valence-corrected chi connectivity index (χ3v) is 4.13. The number of thioether (sulfide) groups is 1. The van der Waals surface area contributed by atoms with Crippen LogP contribution in [0.2, 0.25) is 0 Å². The molecule has 0 bridgehead atoms. The van der Waals surface area contributed by atoms with Gasteiger partial charge in [-0.3, -0.25) is 0 Å². The van der Waals surface area contributed by atoms with Crippen LogP contribution in [0.3, 0.4) is 0 Å². The molecule has 0 radical (unpaired) electrons. The van der Waals surface area contributed by atoms with Gasteiger partial charge in [-0.15, -0.1) is 0 Å². The van der Waals surface area contributed by atoms with Crippen molar-refractivity contribution in [3.63, 3.8) is 0 Å². The maximum Gasteiger partial charge on any atom is 0.0951 e. The molecule has 1 aromatic heterocycles. The molecule has 0 spiro atoms. The second-order valence-corrected chi connectivity index (χ2v) is 4.96. The minimum absolute atomic E-state index is 0.598. The molecule has 1 saturated carbocycles. The Hall–Kier alpha value is -0.480. The SMILES string of the molecule is CSC1CCC(n2cncc2CN)C1. The summed E-state index contributed by atoms with van der Waals surface area (Å²) in [5.74, 6) is 0. The van der Waals surface area contributed by atoms with E-state index < -0.39 is 0 Å². The van der Waals surface area contributed by atoms with E-state index in [-0.39, 0.29) is 0 Å². The molecule has 2 unspecified atom stereocenters. The number of hydrogen-bond acceptors (Lipinski definition) is 3. The van der Waals surface area contributed by atoms with Gasteiger partial charge in [0.15, 0.2) is 0 Å². The Morgan fingerprint density at radius 3 is 3.14 bits per heavy atom. The van der Waals surface area contributed by atoms with Gasteiger partial charge in [-0.1, -0.05) is 0 Å². The van der Waals surface area contributed by atoms with Crippen molar-refractivity contribution in [3.8, 4) is 0 Å². The van der Waals surface area contributed by atoms with E-state index in [1.54, 1.807) is 0 Å². The summed E-state index contributed by atoms with van der Waals surface area (Å²) in [5.41, 5.74) is 6.83. The maximum absolute atomic E-state index is 5.66. The zero-order valence-electron chi connectivity index (χ0n) is 8.52. The Kier molecular flexibility index (Phi) is 3.13. The molecule has 4 heteroatoms. The van der Waals surface area contributed by atoms with Gasteiger partial charge in [-0.05, 0) is 25.5 Å². The number of nitrogens with two attached hydrogens (primary N) is 1. The number of imidazole rings is 1. The van der Waals surface area contributed by atoms with Gasteiger partial charge >= 0.3 is 0 Å². The molecule has 1 aromatic rings. The number of nitrogens with zero attached hydrogens (tertiary/aromatic N) is 2. The monoisotopic (exact) mass is 211 g/mol. The molecular weight excluding hydrogens is 194 g/mol. The second-order valence-electron chi connectivity index (χ2n) is 3.82. The second kappa shape index (κ2) is 4.36. The number of hydrogen-bond donors (Lipinski definition) is 1. The molecular formula is C10H17N3S. The van der Waals surface area contributed by atoms with Crippen molar-refractivity contribution in [1.29, 1.82) is 0 Å². The van der Waals surface area contributed by atoms with E-state index in [4.69, 9.17) is 5.73 Å². The average Bonchev–Trinajstić information content (AvgIpc) is 2.85. The predicted molar refractivity (Wildman–Crippen MR) is 60.3 cm³/mol. The molecule has 0 saturated heterocycles. The molecule has 0 aromatic carbocycles. The van der Waals surface area contributed by atoms with Crippen molar-refractivity contribution < 1.29 is 0 Å². The maximum atomic E-state index is 5.66. The Bertz CT molecular complexity index is 297. The lowest BCUT2D eigenvalue weighted by molar-refractivity contribution is 0.502. The summed E-state index contributed by atoms with van der Waals surface area (Å²) in [6, 6.07) is 0.633. The third kappa shape index (κ3) is 1.81. The van der Waals surface area contributed by atoms with E-state index in [1.165, 1.54) is 19.3 Å². The number of aromatic nitrogens is 2. The van der Waals surface area contributed by atoms with Gasteiger partial charge in [0.05, 0.1) is 12.0 Å². The van der Waals surface area contributed by atoms with Crippen LogP contribution in [0.15, 0.2) is 12.5 Å². The number of rotatable bonds is 3. The quantitative estimate of drug-likeness (QED) is 0.829. The summed E-state index contributed by atoms with van der Waals surface area (Å²) >= 11 is 1.98. The molecule has 1 aliphatic carbocycles. The molecule has 1 heterocycles. The summed E-state index contributed by atoms with van der Waals surface area (Å²) in [6.07, 6.45) is 9.88. The Morgan fingerprint density at radius 2 is 2.50 bits per heavy atom. The zero-order valence-corrected chi connectivity index (χ0v) is 9.33. The van der Waals surface area contributed by atoms with Crippen molar-refractivity contribution in [2.45, 2.75) is 37.1 Å². The van der Waals surface area contributed by atoms with Gasteiger partial charge in [0.25, 0.3) is 0 Å². The van der Waals surface area contributed by atoms with Gasteiger partial charge in [-0.2, -0.15) is 11.8 Å². The highest BCUT2D eigenvalue weighted by atomic mass is 32.2. The largest absolute Gasteiger partial charge is 0.330 e. The van der Waals surface area contributed by atoms with Crippen LogP contribution in [-0.4, -0.2) is 21.1 Å². The lowest BCUT2D eigenvalue weighted by Crippen LogP contribution is -2.11. The Morgan fingerprint density at radius 1 is 1.64 bits per heavy atom. The summed E-state index contributed by atoms with van der Waals surface area (Å²) in [5, 5.41) is 0.827. The molecule has 3 nitrogen and oxygen atoms in total. The fraction of sp³-hybridized carbons (Fsp3) is 0.700. The third-order valence-electron chi connectivity index (χ3n) is 3.04. The van der Waals surface area contributed by atoms with E-state index in [2.05, 4.69) is 15.8 Å². The Balaban J connectivity index is 2.09.